The lowest BCUT2D eigenvalue weighted by Gasteiger charge is -2.21. The molecule has 0 bridgehead atoms. The van der Waals surface area contributed by atoms with Gasteiger partial charge < -0.3 is 10.0 Å². The minimum absolute atomic E-state index is 0.217. The molecule has 104 valence electrons. The summed E-state index contributed by atoms with van der Waals surface area (Å²) in [6.45, 7) is 5.53. The SMILES string of the molecule is C=C(C)CN(C)c1nc(C(F)(F)F)ccc1C(=O)O. The molecule has 0 fully saturated rings. The Labute approximate surface area is 108 Å². The van der Waals surface area contributed by atoms with E-state index in [4.69, 9.17) is 5.11 Å². The van der Waals surface area contributed by atoms with Crippen LogP contribution >= 0.6 is 0 Å². The number of aromatic carboxylic acids is 1. The lowest BCUT2D eigenvalue weighted by atomic mass is 10.2. The van der Waals surface area contributed by atoms with Gasteiger partial charge in [0.25, 0.3) is 0 Å². The average Bonchev–Trinajstić information content (AvgIpc) is 2.25. The molecule has 4 nitrogen and oxygen atoms in total. The predicted molar refractivity (Wildman–Crippen MR) is 64.3 cm³/mol. The Morgan fingerprint density at radius 3 is 2.47 bits per heavy atom. The summed E-state index contributed by atoms with van der Waals surface area (Å²) in [5, 5.41) is 8.97. The van der Waals surface area contributed by atoms with Gasteiger partial charge in [-0.15, -0.1) is 0 Å². The van der Waals surface area contributed by atoms with Crippen molar-refractivity contribution in [3.05, 3.63) is 35.5 Å². The van der Waals surface area contributed by atoms with Crippen LogP contribution in [0, 0.1) is 0 Å². The van der Waals surface area contributed by atoms with E-state index in [9.17, 15) is 18.0 Å². The van der Waals surface area contributed by atoms with Gasteiger partial charge in [-0.05, 0) is 19.1 Å². The van der Waals surface area contributed by atoms with E-state index in [2.05, 4.69) is 11.6 Å². The van der Waals surface area contributed by atoms with Crippen LogP contribution in [0.3, 0.4) is 0 Å². The third-order valence-electron chi connectivity index (χ3n) is 2.26. The molecule has 1 rings (SSSR count). The van der Waals surface area contributed by atoms with Crippen LogP contribution in [0.5, 0.6) is 0 Å². The standard InChI is InChI=1S/C12H13F3N2O2/c1-7(2)6-17(3)10-8(11(18)19)4-5-9(16-10)12(13,14)15/h4-5H,1,6H2,2-3H3,(H,18,19). The molecule has 1 aromatic heterocycles. The topological polar surface area (TPSA) is 53.4 Å². The van der Waals surface area contributed by atoms with E-state index in [1.165, 1.54) is 11.9 Å². The number of hydrogen-bond donors (Lipinski definition) is 1. The summed E-state index contributed by atoms with van der Waals surface area (Å²) in [5.41, 5.74) is -0.726. The molecule has 0 spiro atoms. The lowest BCUT2D eigenvalue weighted by Crippen LogP contribution is -2.24. The van der Waals surface area contributed by atoms with Gasteiger partial charge in [0.05, 0.1) is 0 Å². The fraction of sp³-hybridized carbons (Fsp3) is 0.333. The van der Waals surface area contributed by atoms with Crippen LogP contribution < -0.4 is 4.90 Å². The first-order valence-electron chi connectivity index (χ1n) is 5.30. The van der Waals surface area contributed by atoms with E-state index in [0.29, 0.717) is 11.6 Å². The molecule has 0 aromatic carbocycles. The van der Waals surface area contributed by atoms with Crippen LogP contribution in [-0.4, -0.2) is 29.7 Å². The smallest absolute Gasteiger partial charge is 0.433 e. The van der Waals surface area contributed by atoms with Crippen molar-refractivity contribution in [3.8, 4) is 0 Å². The van der Waals surface area contributed by atoms with Crippen molar-refractivity contribution in [3.63, 3.8) is 0 Å². The number of hydrogen-bond acceptors (Lipinski definition) is 3. The fourth-order valence-corrected chi connectivity index (χ4v) is 1.54. The number of rotatable bonds is 4. The predicted octanol–water partition coefficient (Wildman–Crippen LogP) is 2.81. The molecule has 0 saturated heterocycles. The number of nitrogens with zero attached hydrogens (tertiary/aromatic N) is 2. The number of carboxylic acids is 1. The molecule has 0 aliphatic heterocycles. The van der Waals surface area contributed by atoms with E-state index in [-0.39, 0.29) is 17.9 Å². The second-order valence-corrected chi connectivity index (χ2v) is 4.18. The zero-order valence-corrected chi connectivity index (χ0v) is 10.5. The Kier molecular flexibility index (Phi) is 4.18. The van der Waals surface area contributed by atoms with Gasteiger partial charge in [-0.1, -0.05) is 12.2 Å². The maximum Gasteiger partial charge on any atom is 0.433 e. The molecule has 1 aromatic rings. The maximum absolute atomic E-state index is 12.6. The number of alkyl halides is 3. The first-order chi connectivity index (χ1) is 8.62. The highest BCUT2D eigenvalue weighted by atomic mass is 19.4. The molecule has 7 heteroatoms. The molecule has 0 atom stereocenters. The maximum atomic E-state index is 12.6. The van der Waals surface area contributed by atoms with Crippen LogP contribution in [0.15, 0.2) is 24.3 Å². The summed E-state index contributed by atoms with van der Waals surface area (Å²) in [5.74, 6) is -1.56. The molecule has 0 amide bonds. The zero-order valence-electron chi connectivity index (χ0n) is 10.5. The molecule has 1 N–H and O–H groups in total. The molecule has 1 heterocycles. The van der Waals surface area contributed by atoms with Crippen LogP contribution in [0.25, 0.3) is 0 Å². The molecule has 0 aliphatic rings. The van der Waals surface area contributed by atoms with Crippen LogP contribution in [-0.2, 0) is 6.18 Å². The van der Waals surface area contributed by atoms with Gasteiger partial charge in [-0.25, -0.2) is 9.78 Å². The van der Waals surface area contributed by atoms with Gasteiger partial charge in [0, 0.05) is 13.6 Å². The highest BCUT2D eigenvalue weighted by Crippen LogP contribution is 2.30. The number of carbonyl (C=O) groups is 1. The van der Waals surface area contributed by atoms with Crippen molar-refractivity contribution < 1.29 is 23.1 Å². The van der Waals surface area contributed by atoms with E-state index in [0.717, 1.165) is 6.07 Å². The van der Waals surface area contributed by atoms with Gasteiger partial charge in [0.15, 0.2) is 0 Å². The Hall–Kier alpha value is -2.05. The van der Waals surface area contributed by atoms with Crippen LogP contribution in [0.1, 0.15) is 23.0 Å². The third kappa shape index (κ3) is 3.70. The summed E-state index contributed by atoms with van der Waals surface area (Å²) < 4.78 is 37.7. The monoisotopic (exact) mass is 274 g/mol. The first kappa shape index (κ1) is 15.0. The van der Waals surface area contributed by atoms with Gasteiger partial charge in [0.1, 0.15) is 17.1 Å². The van der Waals surface area contributed by atoms with Gasteiger partial charge in [-0.3, -0.25) is 0 Å². The van der Waals surface area contributed by atoms with Crippen LogP contribution in [0.4, 0.5) is 19.0 Å². The second-order valence-electron chi connectivity index (χ2n) is 4.18. The van der Waals surface area contributed by atoms with Crippen molar-refractivity contribution in [1.82, 2.24) is 4.98 Å². The Morgan fingerprint density at radius 1 is 1.47 bits per heavy atom. The van der Waals surface area contributed by atoms with E-state index in [1.54, 1.807) is 6.92 Å². The highest BCUT2D eigenvalue weighted by Gasteiger charge is 2.34. The second kappa shape index (κ2) is 5.29. The van der Waals surface area contributed by atoms with Crippen molar-refractivity contribution in [2.24, 2.45) is 0 Å². The van der Waals surface area contributed by atoms with Crippen LogP contribution in [0.2, 0.25) is 0 Å². The average molecular weight is 274 g/mol. The Balaban J connectivity index is 3.31. The summed E-state index contributed by atoms with van der Waals surface area (Å²) in [6, 6.07) is 1.56. The number of likely N-dealkylation sites (N-methyl/N-ethyl adjacent to an activating group) is 1. The van der Waals surface area contributed by atoms with Gasteiger partial charge in [-0.2, -0.15) is 13.2 Å². The van der Waals surface area contributed by atoms with Gasteiger partial charge in [0.2, 0.25) is 0 Å². The summed E-state index contributed by atoms with van der Waals surface area (Å²) in [7, 11) is 1.46. The van der Waals surface area contributed by atoms with Crippen molar-refractivity contribution in [2.45, 2.75) is 13.1 Å². The number of anilines is 1. The number of halogens is 3. The molecular formula is C12H13F3N2O2. The van der Waals surface area contributed by atoms with E-state index in [1.807, 2.05) is 0 Å². The quantitative estimate of drug-likeness (QED) is 0.858. The number of pyridine rings is 1. The zero-order chi connectivity index (χ0) is 14.8. The molecule has 19 heavy (non-hydrogen) atoms. The normalized spacial score (nSPS) is 11.2. The molecular weight excluding hydrogens is 261 g/mol. The van der Waals surface area contributed by atoms with Crippen molar-refractivity contribution in [2.75, 3.05) is 18.5 Å². The third-order valence-corrected chi connectivity index (χ3v) is 2.26. The number of carboxylic acid groups (broad SMARTS) is 1. The minimum Gasteiger partial charge on any atom is -0.478 e. The molecule has 0 unspecified atom stereocenters. The molecule has 0 aliphatic carbocycles. The Morgan fingerprint density at radius 2 is 2.05 bits per heavy atom. The highest BCUT2D eigenvalue weighted by molar-refractivity contribution is 5.93. The summed E-state index contributed by atoms with van der Waals surface area (Å²) in [6.07, 6.45) is -4.62. The minimum atomic E-state index is -4.62. The number of aromatic nitrogens is 1. The van der Waals surface area contributed by atoms with Crippen molar-refractivity contribution >= 4 is 11.8 Å². The van der Waals surface area contributed by atoms with E-state index >= 15 is 0 Å². The van der Waals surface area contributed by atoms with E-state index < -0.39 is 17.8 Å². The summed E-state index contributed by atoms with van der Waals surface area (Å²) in [4.78, 5) is 15.7. The molecule has 0 radical (unpaired) electrons. The summed E-state index contributed by atoms with van der Waals surface area (Å²) >= 11 is 0. The Bertz CT molecular complexity index is 512. The fourth-order valence-electron chi connectivity index (χ4n) is 1.54. The van der Waals surface area contributed by atoms with Gasteiger partial charge >= 0.3 is 12.1 Å². The lowest BCUT2D eigenvalue weighted by molar-refractivity contribution is -0.141. The first-order valence-corrected chi connectivity index (χ1v) is 5.30. The largest absolute Gasteiger partial charge is 0.478 e. The molecule has 0 saturated carbocycles. The van der Waals surface area contributed by atoms with Crippen molar-refractivity contribution in [1.29, 1.82) is 0 Å².